The van der Waals surface area contributed by atoms with Gasteiger partial charge in [0, 0.05) is 12.2 Å². The molecule has 0 saturated heterocycles. The summed E-state index contributed by atoms with van der Waals surface area (Å²) in [6.45, 7) is 2.46. The predicted octanol–water partition coefficient (Wildman–Crippen LogP) is 5.37. The third kappa shape index (κ3) is 4.28. The van der Waals surface area contributed by atoms with Gasteiger partial charge in [0.05, 0.1) is 27.9 Å². The van der Waals surface area contributed by atoms with Crippen molar-refractivity contribution in [3.05, 3.63) is 47.4 Å². The van der Waals surface area contributed by atoms with Crippen LogP contribution in [0.25, 0.3) is 22.3 Å². The lowest BCUT2D eigenvalue weighted by Gasteiger charge is -2.19. The summed E-state index contributed by atoms with van der Waals surface area (Å²) in [5, 5.41) is 10.1. The molecule has 0 aliphatic heterocycles. The molecule has 0 amide bonds. The first-order chi connectivity index (χ1) is 15.9. The molecule has 180 valence electrons. The Morgan fingerprint density at radius 2 is 1.91 bits per heavy atom. The Morgan fingerprint density at radius 1 is 1.24 bits per heavy atom. The Balaban J connectivity index is 1.85. The van der Waals surface area contributed by atoms with Gasteiger partial charge in [-0.1, -0.05) is 12.8 Å². The molecule has 3 aromatic rings. The molecule has 0 bridgehead atoms. The highest BCUT2D eigenvalue weighted by Gasteiger charge is 2.39. The molecule has 11 heteroatoms. The van der Waals surface area contributed by atoms with E-state index in [-0.39, 0.29) is 22.7 Å². The van der Waals surface area contributed by atoms with Crippen molar-refractivity contribution in [2.75, 3.05) is 0 Å². The van der Waals surface area contributed by atoms with Crippen molar-refractivity contribution < 1.29 is 26.0 Å². The second-order valence-electron chi connectivity index (χ2n) is 8.55. The molecule has 1 fully saturated rings. The standard InChI is InChI=1S/C23H22F4N4O2S/c1-13-9-18(24)21-17(11-28)22(31(20(21)10-13)15-5-3-4-6-15)19-8-7-16(12-29-19)34(32,33)30-14(2)23(25,26)27/h7-10,12,14-15,30H,3-6H2,1-2H3. The number of sulfonamides is 1. The zero-order valence-electron chi connectivity index (χ0n) is 18.4. The molecule has 6 nitrogen and oxygen atoms in total. The topological polar surface area (TPSA) is 87.8 Å². The van der Waals surface area contributed by atoms with Crippen molar-refractivity contribution in [3.63, 3.8) is 0 Å². The van der Waals surface area contributed by atoms with Crippen molar-refractivity contribution in [1.29, 1.82) is 5.26 Å². The van der Waals surface area contributed by atoms with Crippen LogP contribution in [0, 0.1) is 24.1 Å². The Kier molecular flexibility index (Phi) is 6.16. The molecule has 34 heavy (non-hydrogen) atoms. The number of nitriles is 1. The molecule has 1 saturated carbocycles. The summed E-state index contributed by atoms with van der Waals surface area (Å²) in [4.78, 5) is 3.73. The maximum Gasteiger partial charge on any atom is 0.404 e. The van der Waals surface area contributed by atoms with Crippen molar-refractivity contribution in [2.45, 2.75) is 62.7 Å². The van der Waals surface area contributed by atoms with Crippen LogP contribution in [0.3, 0.4) is 0 Å². The molecule has 1 atom stereocenters. The minimum absolute atomic E-state index is 0.0142. The van der Waals surface area contributed by atoms with E-state index in [2.05, 4.69) is 11.1 Å². The van der Waals surface area contributed by atoms with Gasteiger partial charge in [-0.15, -0.1) is 0 Å². The van der Waals surface area contributed by atoms with Gasteiger partial charge in [-0.05, 0) is 56.5 Å². The number of aryl methyl sites for hydroxylation is 1. The van der Waals surface area contributed by atoms with Gasteiger partial charge in [0.2, 0.25) is 10.0 Å². The van der Waals surface area contributed by atoms with Gasteiger partial charge in [-0.2, -0.15) is 23.2 Å². The fourth-order valence-corrected chi connectivity index (χ4v) is 5.64. The average Bonchev–Trinajstić information content (AvgIpc) is 3.38. The number of pyridine rings is 1. The van der Waals surface area contributed by atoms with Crippen LogP contribution < -0.4 is 4.72 Å². The highest BCUT2D eigenvalue weighted by atomic mass is 32.2. The van der Waals surface area contributed by atoms with Crippen LogP contribution in [0.1, 0.15) is 49.8 Å². The number of hydrogen-bond donors (Lipinski definition) is 1. The number of alkyl halides is 3. The Hall–Kier alpha value is -2.97. The van der Waals surface area contributed by atoms with Gasteiger partial charge < -0.3 is 4.57 Å². The number of fused-ring (bicyclic) bond motifs is 1. The first-order valence-corrected chi connectivity index (χ1v) is 12.2. The lowest BCUT2D eigenvalue weighted by atomic mass is 10.1. The van der Waals surface area contributed by atoms with Gasteiger partial charge in [-0.25, -0.2) is 12.8 Å². The summed E-state index contributed by atoms with van der Waals surface area (Å²) in [6.07, 6.45) is -0.167. The predicted molar refractivity (Wildman–Crippen MR) is 118 cm³/mol. The van der Waals surface area contributed by atoms with E-state index in [0.717, 1.165) is 37.9 Å². The fraction of sp³-hybridized carbons (Fsp3) is 0.391. The zero-order valence-corrected chi connectivity index (χ0v) is 19.3. The van der Waals surface area contributed by atoms with Crippen LogP contribution in [0.5, 0.6) is 0 Å². The minimum Gasteiger partial charge on any atom is -0.335 e. The number of nitrogens with one attached hydrogen (secondary N) is 1. The van der Waals surface area contributed by atoms with Crippen LogP contribution in [-0.4, -0.2) is 30.2 Å². The molecular formula is C23H22F4N4O2S. The molecule has 1 aliphatic carbocycles. The van der Waals surface area contributed by atoms with Crippen molar-refractivity contribution >= 4 is 20.9 Å². The number of nitrogens with zero attached hydrogens (tertiary/aromatic N) is 3. The largest absolute Gasteiger partial charge is 0.404 e. The monoisotopic (exact) mass is 494 g/mol. The van der Waals surface area contributed by atoms with Crippen LogP contribution in [0.2, 0.25) is 0 Å². The molecule has 1 aromatic carbocycles. The summed E-state index contributed by atoms with van der Waals surface area (Å²) in [5.74, 6) is -0.533. The average molecular weight is 495 g/mol. The van der Waals surface area contributed by atoms with Gasteiger partial charge in [0.15, 0.2) is 0 Å². The van der Waals surface area contributed by atoms with Crippen LogP contribution in [0.4, 0.5) is 17.6 Å². The Bertz CT molecular complexity index is 1380. The van der Waals surface area contributed by atoms with E-state index in [4.69, 9.17) is 0 Å². The van der Waals surface area contributed by atoms with E-state index >= 15 is 0 Å². The van der Waals surface area contributed by atoms with Crippen LogP contribution in [0.15, 0.2) is 35.4 Å². The summed E-state index contributed by atoms with van der Waals surface area (Å²) in [7, 11) is -4.48. The molecule has 1 unspecified atom stereocenters. The number of halogens is 4. The quantitative estimate of drug-likeness (QED) is 0.484. The van der Waals surface area contributed by atoms with E-state index in [1.807, 2.05) is 10.6 Å². The number of benzene rings is 1. The molecule has 2 aromatic heterocycles. The van der Waals surface area contributed by atoms with Crippen molar-refractivity contribution in [1.82, 2.24) is 14.3 Å². The maximum atomic E-state index is 15.0. The zero-order chi connectivity index (χ0) is 24.8. The Labute approximate surface area is 194 Å². The van der Waals surface area contributed by atoms with E-state index in [1.165, 1.54) is 12.1 Å². The van der Waals surface area contributed by atoms with E-state index in [1.54, 1.807) is 11.6 Å². The summed E-state index contributed by atoms with van der Waals surface area (Å²) >= 11 is 0. The first kappa shape index (κ1) is 24.2. The lowest BCUT2D eigenvalue weighted by molar-refractivity contribution is -0.147. The molecular weight excluding hydrogens is 472 g/mol. The van der Waals surface area contributed by atoms with Crippen molar-refractivity contribution in [2.24, 2.45) is 0 Å². The summed E-state index contributed by atoms with van der Waals surface area (Å²) < 4.78 is 81.7. The summed E-state index contributed by atoms with van der Waals surface area (Å²) in [5.41, 5.74) is 1.95. The molecule has 1 aliphatic rings. The molecule has 4 rings (SSSR count). The van der Waals surface area contributed by atoms with E-state index < -0.39 is 33.0 Å². The fourth-order valence-electron chi connectivity index (χ4n) is 4.47. The molecule has 1 N–H and O–H groups in total. The molecule has 0 spiro atoms. The normalized spacial score (nSPS) is 16.1. The Morgan fingerprint density at radius 3 is 2.47 bits per heavy atom. The van der Waals surface area contributed by atoms with Gasteiger partial charge in [0.25, 0.3) is 0 Å². The molecule has 0 radical (unpaired) electrons. The molecule has 2 heterocycles. The third-order valence-electron chi connectivity index (χ3n) is 6.11. The summed E-state index contributed by atoms with van der Waals surface area (Å²) in [6, 6.07) is 5.43. The van der Waals surface area contributed by atoms with Gasteiger partial charge in [-0.3, -0.25) is 4.98 Å². The first-order valence-electron chi connectivity index (χ1n) is 10.7. The highest BCUT2D eigenvalue weighted by molar-refractivity contribution is 7.89. The number of rotatable bonds is 5. The second-order valence-corrected chi connectivity index (χ2v) is 10.3. The smallest absolute Gasteiger partial charge is 0.335 e. The van der Waals surface area contributed by atoms with Gasteiger partial charge >= 0.3 is 6.18 Å². The van der Waals surface area contributed by atoms with E-state index in [9.17, 15) is 31.2 Å². The third-order valence-corrected chi connectivity index (χ3v) is 7.64. The maximum absolute atomic E-state index is 15.0. The van der Waals surface area contributed by atoms with E-state index in [0.29, 0.717) is 23.7 Å². The van der Waals surface area contributed by atoms with Crippen LogP contribution >= 0.6 is 0 Å². The number of hydrogen-bond acceptors (Lipinski definition) is 4. The van der Waals surface area contributed by atoms with Gasteiger partial charge in [0.1, 0.15) is 22.8 Å². The highest BCUT2D eigenvalue weighted by Crippen LogP contribution is 2.42. The SMILES string of the molecule is Cc1cc(F)c2c(C#N)c(-c3ccc(S(=O)(=O)NC(C)C(F)(F)F)cn3)n(C3CCCC3)c2c1. The van der Waals surface area contributed by atoms with Crippen molar-refractivity contribution in [3.8, 4) is 17.5 Å². The lowest BCUT2D eigenvalue weighted by Crippen LogP contribution is -2.42. The second kappa shape index (κ2) is 8.67. The number of aromatic nitrogens is 2. The minimum atomic E-state index is -4.74. The van der Waals surface area contributed by atoms with Crippen LogP contribution in [-0.2, 0) is 10.0 Å².